The molecule has 0 fully saturated rings. The Labute approximate surface area is 120 Å². The number of aliphatic hydroxyl groups excluding tert-OH is 1. The normalized spacial score (nSPS) is 12.7. The third-order valence-electron chi connectivity index (χ3n) is 2.48. The lowest BCUT2D eigenvalue weighted by Gasteiger charge is -2.14. The summed E-state index contributed by atoms with van der Waals surface area (Å²) in [6, 6.07) is 3.36. The molecule has 0 saturated carbocycles. The maximum atomic E-state index is 12.1. The fraction of sp³-hybridized carbons (Fsp3) is 0.462. The molecule has 2 amide bonds. The van der Waals surface area contributed by atoms with Gasteiger partial charge in [0.15, 0.2) is 6.61 Å². The first-order valence-corrected chi connectivity index (χ1v) is 6.20. The second-order valence-corrected chi connectivity index (χ2v) is 4.57. The van der Waals surface area contributed by atoms with Gasteiger partial charge in [0.2, 0.25) is 0 Å². The highest BCUT2D eigenvalue weighted by molar-refractivity contribution is 5.89. The maximum Gasteiger partial charge on any atom is 0.422 e. The average Bonchev–Trinajstić information content (AvgIpc) is 2.36. The van der Waals surface area contributed by atoms with Gasteiger partial charge in [-0.2, -0.15) is 13.2 Å². The molecule has 0 radical (unpaired) electrons. The zero-order valence-corrected chi connectivity index (χ0v) is 11.6. The Morgan fingerprint density at radius 1 is 1.43 bits per heavy atom. The Morgan fingerprint density at radius 2 is 2.10 bits per heavy atom. The summed E-state index contributed by atoms with van der Waals surface area (Å²) in [6.07, 6.45) is -4.40. The summed E-state index contributed by atoms with van der Waals surface area (Å²) in [5.74, 6) is 0.0991. The van der Waals surface area contributed by atoms with Gasteiger partial charge in [-0.15, -0.1) is 0 Å². The number of carbonyl (C=O) groups excluding carboxylic acids is 1. The standard InChI is InChI=1S/C13H17F3N2O3/c1-8-5-10(18-12(20)17-9(2)6-19)3-4-11(8)21-7-13(14,15)16/h3-5,9,19H,6-7H2,1-2H3,(H2,17,18,20). The Balaban J connectivity index is 2.63. The van der Waals surface area contributed by atoms with Crippen LogP contribution < -0.4 is 15.4 Å². The predicted molar refractivity (Wildman–Crippen MR) is 71.4 cm³/mol. The molecule has 0 aliphatic carbocycles. The van der Waals surface area contributed by atoms with E-state index in [-0.39, 0.29) is 12.4 Å². The van der Waals surface area contributed by atoms with Crippen LogP contribution >= 0.6 is 0 Å². The Bertz CT molecular complexity index is 492. The molecule has 0 aliphatic heterocycles. The molecule has 0 aliphatic rings. The zero-order valence-electron chi connectivity index (χ0n) is 11.6. The van der Waals surface area contributed by atoms with E-state index in [1.54, 1.807) is 13.8 Å². The molecule has 0 bridgehead atoms. The van der Waals surface area contributed by atoms with Crippen LogP contribution in [0.1, 0.15) is 12.5 Å². The average molecular weight is 306 g/mol. The second-order valence-electron chi connectivity index (χ2n) is 4.57. The van der Waals surface area contributed by atoms with Crippen LogP contribution in [0.5, 0.6) is 5.75 Å². The van der Waals surface area contributed by atoms with Crippen LogP contribution in [0.15, 0.2) is 18.2 Å². The first-order chi connectivity index (χ1) is 9.71. The lowest BCUT2D eigenvalue weighted by atomic mass is 10.2. The van der Waals surface area contributed by atoms with Crippen molar-refractivity contribution in [3.05, 3.63) is 23.8 Å². The van der Waals surface area contributed by atoms with Crippen LogP contribution in [-0.4, -0.2) is 36.6 Å². The van der Waals surface area contributed by atoms with E-state index in [1.165, 1.54) is 18.2 Å². The number of anilines is 1. The minimum absolute atomic E-state index is 0.0991. The minimum atomic E-state index is -4.40. The molecule has 1 atom stereocenters. The summed E-state index contributed by atoms with van der Waals surface area (Å²) in [7, 11) is 0. The number of carbonyl (C=O) groups is 1. The molecule has 3 N–H and O–H groups in total. The number of benzene rings is 1. The van der Waals surface area contributed by atoms with Gasteiger partial charge in [-0.1, -0.05) is 0 Å². The van der Waals surface area contributed by atoms with E-state index in [0.29, 0.717) is 11.3 Å². The quantitative estimate of drug-likeness (QED) is 0.782. The topological polar surface area (TPSA) is 70.6 Å². The first-order valence-electron chi connectivity index (χ1n) is 6.20. The largest absolute Gasteiger partial charge is 0.484 e. The highest BCUT2D eigenvalue weighted by atomic mass is 19.4. The van der Waals surface area contributed by atoms with Gasteiger partial charge in [-0.25, -0.2) is 4.79 Å². The summed E-state index contributed by atoms with van der Waals surface area (Å²) in [5, 5.41) is 13.8. The van der Waals surface area contributed by atoms with Crippen LogP contribution in [0.2, 0.25) is 0 Å². The Morgan fingerprint density at radius 3 is 2.62 bits per heavy atom. The highest BCUT2D eigenvalue weighted by Crippen LogP contribution is 2.24. The van der Waals surface area contributed by atoms with Crippen molar-refractivity contribution in [2.75, 3.05) is 18.5 Å². The van der Waals surface area contributed by atoms with E-state index >= 15 is 0 Å². The van der Waals surface area contributed by atoms with Crippen LogP contribution in [0.25, 0.3) is 0 Å². The van der Waals surface area contributed by atoms with Crippen molar-refractivity contribution in [1.82, 2.24) is 5.32 Å². The number of nitrogens with one attached hydrogen (secondary N) is 2. The molecule has 1 aromatic carbocycles. The van der Waals surface area contributed by atoms with Crippen molar-refractivity contribution in [1.29, 1.82) is 0 Å². The molecular weight excluding hydrogens is 289 g/mol. The number of amides is 2. The number of alkyl halides is 3. The second kappa shape index (κ2) is 7.16. The van der Waals surface area contributed by atoms with E-state index < -0.39 is 24.9 Å². The summed E-state index contributed by atoms with van der Waals surface area (Å²) >= 11 is 0. The van der Waals surface area contributed by atoms with Crippen LogP contribution in [0.3, 0.4) is 0 Å². The monoisotopic (exact) mass is 306 g/mol. The molecule has 0 saturated heterocycles. The summed E-state index contributed by atoms with van der Waals surface area (Å²) < 4.78 is 40.9. The van der Waals surface area contributed by atoms with Crippen LogP contribution in [-0.2, 0) is 0 Å². The van der Waals surface area contributed by atoms with Gasteiger partial charge in [0, 0.05) is 5.69 Å². The molecule has 21 heavy (non-hydrogen) atoms. The lowest BCUT2D eigenvalue weighted by molar-refractivity contribution is -0.153. The molecule has 118 valence electrons. The van der Waals surface area contributed by atoms with Gasteiger partial charge < -0.3 is 20.5 Å². The van der Waals surface area contributed by atoms with E-state index in [9.17, 15) is 18.0 Å². The number of aliphatic hydroxyl groups is 1. The molecule has 8 heteroatoms. The Kier molecular flexibility index (Phi) is 5.83. The lowest BCUT2D eigenvalue weighted by Crippen LogP contribution is -2.38. The summed E-state index contributed by atoms with van der Waals surface area (Å²) in [6.45, 7) is 1.63. The third kappa shape index (κ3) is 6.35. The molecular formula is C13H17F3N2O3. The molecule has 1 aromatic rings. The fourth-order valence-corrected chi connectivity index (χ4v) is 1.49. The third-order valence-corrected chi connectivity index (χ3v) is 2.48. The molecule has 1 rings (SSSR count). The number of ether oxygens (including phenoxy) is 1. The van der Waals surface area contributed by atoms with Crippen molar-refractivity contribution >= 4 is 11.7 Å². The highest BCUT2D eigenvalue weighted by Gasteiger charge is 2.28. The minimum Gasteiger partial charge on any atom is -0.484 e. The van der Waals surface area contributed by atoms with Gasteiger partial charge >= 0.3 is 12.2 Å². The van der Waals surface area contributed by atoms with Crippen molar-refractivity contribution in [2.45, 2.75) is 26.1 Å². The maximum absolute atomic E-state index is 12.1. The van der Waals surface area contributed by atoms with Gasteiger partial charge in [0.1, 0.15) is 5.75 Å². The fourth-order valence-electron chi connectivity index (χ4n) is 1.49. The zero-order chi connectivity index (χ0) is 16.0. The molecule has 1 unspecified atom stereocenters. The van der Waals surface area contributed by atoms with Crippen molar-refractivity contribution in [3.63, 3.8) is 0 Å². The molecule has 5 nitrogen and oxygen atoms in total. The van der Waals surface area contributed by atoms with Crippen molar-refractivity contribution in [2.24, 2.45) is 0 Å². The van der Waals surface area contributed by atoms with Crippen LogP contribution in [0.4, 0.5) is 23.7 Å². The first kappa shape index (κ1) is 17.1. The van der Waals surface area contributed by atoms with Crippen LogP contribution in [0, 0.1) is 6.92 Å². The number of aryl methyl sites for hydroxylation is 1. The molecule has 0 spiro atoms. The SMILES string of the molecule is Cc1cc(NC(=O)NC(C)CO)ccc1OCC(F)(F)F. The van der Waals surface area contributed by atoms with Gasteiger partial charge in [-0.3, -0.25) is 0 Å². The number of halogens is 3. The molecule has 0 heterocycles. The summed E-state index contributed by atoms with van der Waals surface area (Å²) in [4.78, 5) is 11.5. The Hall–Kier alpha value is -1.96. The summed E-state index contributed by atoms with van der Waals surface area (Å²) in [5.41, 5.74) is 0.877. The van der Waals surface area contributed by atoms with E-state index in [1.807, 2.05) is 0 Å². The predicted octanol–water partition coefficient (Wildman–Crippen LogP) is 2.44. The molecule has 0 aromatic heterocycles. The van der Waals surface area contributed by atoms with Crippen molar-refractivity contribution in [3.8, 4) is 5.75 Å². The van der Waals surface area contributed by atoms with E-state index in [0.717, 1.165) is 0 Å². The number of urea groups is 1. The van der Waals surface area contributed by atoms with Gasteiger partial charge in [0.25, 0.3) is 0 Å². The number of hydrogen-bond donors (Lipinski definition) is 3. The van der Waals surface area contributed by atoms with E-state index in [2.05, 4.69) is 15.4 Å². The number of hydrogen-bond acceptors (Lipinski definition) is 3. The van der Waals surface area contributed by atoms with Gasteiger partial charge in [-0.05, 0) is 37.6 Å². The smallest absolute Gasteiger partial charge is 0.422 e. The number of rotatable bonds is 5. The van der Waals surface area contributed by atoms with E-state index in [4.69, 9.17) is 5.11 Å². The van der Waals surface area contributed by atoms with Crippen molar-refractivity contribution < 1.29 is 27.8 Å². The van der Waals surface area contributed by atoms with Gasteiger partial charge in [0.05, 0.1) is 12.6 Å².